The molecule has 0 aromatic carbocycles. The van der Waals surface area contributed by atoms with Crippen LogP contribution in [0.15, 0.2) is 0 Å². The first-order chi connectivity index (χ1) is 23.2. The van der Waals surface area contributed by atoms with Crippen molar-refractivity contribution >= 4 is 5.97 Å². The average Bonchev–Trinajstić information content (AvgIpc) is 3.27. The van der Waals surface area contributed by atoms with Crippen LogP contribution >= 0.6 is 0 Å². The molecule has 1 rings (SSSR count). The second-order valence-electron chi connectivity index (χ2n) is 15.1. The second-order valence-corrected chi connectivity index (χ2v) is 15.1. The van der Waals surface area contributed by atoms with Gasteiger partial charge in [0, 0.05) is 13.0 Å². The van der Waals surface area contributed by atoms with Gasteiger partial charge < -0.3 is 34.6 Å². The minimum absolute atomic E-state index is 0.0903. The minimum Gasteiger partial charge on any atom is -0.457 e. The van der Waals surface area contributed by atoms with Crippen LogP contribution in [-0.2, 0) is 19.0 Å². The molecule has 8 nitrogen and oxygen atoms in total. The number of esters is 1. The number of carbonyl (C=O) groups is 1. The summed E-state index contributed by atoms with van der Waals surface area (Å²) in [5.74, 6) is 1.21. The maximum absolute atomic E-state index is 12.5. The number of aliphatic hydroxyl groups excluding tert-OH is 4. The molecule has 286 valence electrons. The van der Waals surface area contributed by atoms with Gasteiger partial charge in [0.2, 0.25) is 0 Å². The predicted molar refractivity (Wildman–Crippen MR) is 195 cm³/mol. The molecular weight excluding hydrogens is 608 g/mol. The van der Waals surface area contributed by atoms with Crippen molar-refractivity contribution in [3.05, 3.63) is 0 Å². The molecule has 0 spiro atoms. The van der Waals surface area contributed by atoms with Crippen LogP contribution in [0, 0.1) is 11.8 Å². The number of unbranched alkanes of at least 4 members (excludes halogenated alkanes) is 16. The highest BCUT2D eigenvalue weighted by Gasteiger charge is 2.52. The molecule has 0 amide bonds. The van der Waals surface area contributed by atoms with Gasteiger partial charge in [-0.3, -0.25) is 4.79 Å². The van der Waals surface area contributed by atoms with E-state index >= 15 is 0 Å². The zero-order chi connectivity index (χ0) is 35.4. The van der Waals surface area contributed by atoms with E-state index in [-0.39, 0.29) is 19.6 Å². The number of hydrogen-bond donors (Lipinski definition) is 4. The highest BCUT2D eigenvalue weighted by molar-refractivity contribution is 5.69. The van der Waals surface area contributed by atoms with Gasteiger partial charge in [-0.25, -0.2) is 0 Å². The Kier molecular flexibility index (Phi) is 28.2. The van der Waals surface area contributed by atoms with Crippen LogP contribution < -0.4 is 0 Å². The highest BCUT2D eigenvalue weighted by atomic mass is 16.6. The lowest BCUT2D eigenvalue weighted by Crippen LogP contribution is -2.41. The molecule has 8 heteroatoms. The monoisotopic (exact) mass is 687 g/mol. The van der Waals surface area contributed by atoms with E-state index in [4.69, 9.17) is 14.2 Å². The normalized spacial score (nSPS) is 23.0. The third kappa shape index (κ3) is 22.1. The Labute approximate surface area is 295 Å². The summed E-state index contributed by atoms with van der Waals surface area (Å²) in [5, 5.41) is 41.3. The van der Waals surface area contributed by atoms with Crippen LogP contribution in [0.4, 0.5) is 0 Å². The molecule has 1 aliphatic rings. The van der Waals surface area contributed by atoms with E-state index < -0.39 is 42.6 Å². The van der Waals surface area contributed by atoms with E-state index in [1.54, 1.807) is 0 Å². The first-order valence-electron chi connectivity index (χ1n) is 20.3. The third-order valence-electron chi connectivity index (χ3n) is 10.3. The Morgan fingerprint density at radius 3 is 1.62 bits per heavy atom. The van der Waals surface area contributed by atoms with Crippen LogP contribution in [0.3, 0.4) is 0 Å². The number of hydrogen-bond acceptors (Lipinski definition) is 8. The molecule has 0 bridgehead atoms. The van der Waals surface area contributed by atoms with Gasteiger partial charge in [0.1, 0.15) is 30.5 Å². The largest absolute Gasteiger partial charge is 0.457 e. The van der Waals surface area contributed by atoms with Gasteiger partial charge in [-0.2, -0.15) is 0 Å². The predicted octanol–water partition coefficient (Wildman–Crippen LogP) is 8.43. The fourth-order valence-electron chi connectivity index (χ4n) is 6.68. The zero-order valence-electron chi connectivity index (χ0n) is 31.6. The molecule has 0 saturated heterocycles. The van der Waals surface area contributed by atoms with Gasteiger partial charge in [-0.15, -0.1) is 0 Å². The van der Waals surface area contributed by atoms with Crippen molar-refractivity contribution < 1.29 is 39.4 Å². The van der Waals surface area contributed by atoms with Gasteiger partial charge in [-0.1, -0.05) is 163 Å². The Hall–Kier alpha value is -0.770. The minimum atomic E-state index is -1.49. The maximum atomic E-state index is 12.5. The maximum Gasteiger partial charge on any atom is 0.306 e. The number of rotatable bonds is 33. The van der Waals surface area contributed by atoms with E-state index in [0.29, 0.717) is 13.0 Å². The molecule has 1 aliphatic carbocycles. The van der Waals surface area contributed by atoms with E-state index in [9.17, 15) is 25.2 Å². The average molecular weight is 687 g/mol. The molecule has 0 aliphatic heterocycles. The Balaban J connectivity index is 2.11. The van der Waals surface area contributed by atoms with Crippen LogP contribution in [0.25, 0.3) is 0 Å². The Bertz CT molecular complexity index is 736. The van der Waals surface area contributed by atoms with Crippen molar-refractivity contribution in [2.75, 3.05) is 19.8 Å². The lowest BCUT2D eigenvalue weighted by molar-refractivity contribution is -0.168. The smallest absolute Gasteiger partial charge is 0.306 e. The SMILES string of the molecule is CCCCCCC(C)CCCCCCCCCOC[C@H](O)CO[C@@H]1[C@@H](O)[C@H](O)[C@@H](O)[C@@H]1OC(=O)CCCCCCCCCCC(C)CC. The molecule has 0 aromatic rings. The molecular formula is C40H78O8. The van der Waals surface area contributed by atoms with Crippen molar-refractivity contribution in [1.29, 1.82) is 0 Å². The summed E-state index contributed by atoms with van der Waals surface area (Å²) in [5.41, 5.74) is 0. The Morgan fingerprint density at radius 1 is 0.583 bits per heavy atom. The van der Waals surface area contributed by atoms with Crippen molar-refractivity contribution in [2.45, 2.75) is 218 Å². The lowest BCUT2D eigenvalue weighted by Gasteiger charge is -2.24. The van der Waals surface area contributed by atoms with Crippen molar-refractivity contribution in [2.24, 2.45) is 11.8 Å². The number of ether oxygens (including phenoxy) is 3. The van der Waals surface area contributed by atoms with Crippen LogP contribution in [0.5, 0.6) is 0 Å². The fourth-order valence-corrected chi connectivity index (χ4v) is 6.68. The number of aliphatic hydroxyl groups is 4. The Morgan fingerprint density at radius 2 is 1.06 bits per heavy atom. The van der Waals surface area contributed by atoms with Gasteiger partial charge in [0.15, 0.2) is 6.10 Å². The summed E-state index contributed by atoms with van der Waals surface area (Å²) in [6, 6.07) is 0. The topological polar surface area (TPSA) is 126 Å². The van der Waals surface area contributed by atoms with Gasteiger partial charge in [0.05, 0.1) is 13.2 Å². The second kappa shape index (κ2) is 29.9. The lowest BCUT2D eigenvalue weighted by atomic mass is 9.96. The van der Waals surface area contributed by atoms with Gasteiger partial charge >= 0.3 is 5.97 Å². The molecule has 1 saturated carbocycles. The summed E-state index contributed by atoms with van der Waals surface area (Å²) >= 11 is 0. The van der Waals surface area contributed by atoms with E-state index in [1.165, 1.54) is 116 Å². The van der Waals surface area contributed by atoms with Crippen molar-refractivity contribution in [3.8, 4) is 0 Å². The van der Waals surface area contributed by atoms with E-state index in [0.717, 1.165) is 37.5 Å². The van der Waals surface area contributed by atoms with Gasteiger partial charge in [0.25, 0.3) is 0 Å². The zero-order valence-corrected chi connectivity index (χ0v) is 31.6. The van der Waals surface area contributed by atoms with E-state index in [1.807, 2.05) is 0 Å². The first-order valence-corrected chi connectivity index (χ1v) is 20.3. The molecule has 48 heavy (non-hydrogen) atoms. The van der Waals surface area contributed by atoms with Crippen molar-refractivity contribution in [3.63, 3.8) is 0 Å². The highest BCUT2D eigenvalue weighted by Crippen LogP contribution is 2.28. The number of carbonyl (C=O) groups excluding carboxylic acids is 1. The molecule has 4 N–H and O–H groups in total. The summed E-state index contributed by atoms with van der Waals surface area (Å²) in [6.45, 7) is 9.73. The molecule has 8 atom stereocenters. The van der Waals surface area contributed by atoms with Crippen LogP contribution in [0.1, 0.15) is 182 Å². The molecule has 0 radical (unpaired) electrons. The van der Waals surface area contributed by atoms with E-state index in [2.05, 4.69) is 27.7 Å². The summed E-state index contributed by atoms with van der Waals surface area (Å²) in [6.07, 6.45) is 20.8. The fraction of sp³-hybridized carbons (Fsp3) is 0.975. The van der Waals surface area contributed by atoms with Crippen LogP contribution in [0.2, 0.25) is 0 Å². The van der Waals surface area contributed by atoms with Gasteiger partial charge in [-0.05, 0) is 24.7 Å². The summed E-state index contributed by atoms with van der Waals surface area (Å²) < 4.78 is 16.7. The third-order valence-corrected chi connectivity index (χ3v) is 10.3. The molecule has 0 aromatic heterocycles. The standard InChI is InChI=1S/C40H78O8/c1-5-7-8-20-26-33(4)27-22-17-13-11-15-19-24-29-46-30-34(41)31-47-39-37(44)36(43)38(45)40(39)48-35(42)28-23-18-14-10-9-12-16-21-25-32(3)6-2/h32-34,36-41,43-45H,5-31H2,1-4H3/t32?,33?,34-,36-,37-,38+,39+,40-/m0/s1. The molecule has 2 unspecified atom stereocenters. The quantitative estimate of drug-likeness (QED) is 0.0401. The summed E-state index contributed by atoms with van der Waals surface area (Å²) in [4.78, 5) is 12.5. The molecule has 0 heterocycles. The van der Waals surface area contributed by atoms with Crippen LogP contribution in [-0.4, -0.2) is 82.8 Å². The first kappa shape index (κ1) is 45.3. The van der Waals surface area contributed by atoms with Crippen molar-refractivity contribution in [1.82, 2.24) is 0 Å². The molecule has 1 fully saturated rings. The summed E-state index contributed by atoms with van der Waals surface area (Å²) in [7, 11) is 0.